The molecule has 0 aromatic carbocycles. The Hall–Kier alpha value is -1.48. The molecular weight excluding hydrogens is 392 g/mol. The van der Waals surface area contributed by atoms with Crippen molar-refractivity contribution in [3.05, 3.63) is 27.4 Å². The molecule has 0 aliphatic carbocycles. The van der Waals surface area contributed by atoms with E-state index in [1.807, 2.05) is 20.8 Å². The van der Waals surface area contributed by atoms with Crippen LogP contribution in [0.4, 0.5) is 0 Å². The number of halogens is 1. The highest BCUT2D eigenvalue weighted by molar-refractivity contribution is 7.16. The summed E-state index contributed by atoms with van der Waals surface area (Å²) in [5, 5.41) is 8.47. The number of nitrogens with two attached hydrogens (primary N) is 1. The Morgan fingerprint density at radius 1 is 1.27 bits per heavy atom. The zero-order chi connectivity index (χ0) is 18.4. The molecule has 0 fully saturated rings. The Kier molecular flexibility index (Phi) is 9.21. The van der Waals surface area contributed by atoms with Gasteiger partial charge in [-0.15, -0.1) is 35.1 Å². The highest BCUT2D eigenvalue weighted by Crippen LogP contribution is 2.29. The van der Waals surface area contributed by atoms with Gasteiger partial charge in [0.1, 0.15) is 0 Å². The fourth-order valence-corrected chi connectivity index (χ4v) is 3.76. The maximum atomic E-state index is 11.8. The first-order valence-corrected chi connectivity index (χ1v) is 9.87. The number of nitrogens with zero attached hydrogens (tertiary/aromatic N) is 1. The predicted molar refractivity (Wildman–Crippen MR) is 110 cm³/mol. The van der Waals surface area contributed by atoms with Crippen LogP contribution in [-0.4, -0.2) is 35.9 Å². The number of nitrogens with one attached hydrogen (secondary N) is 2. The van der Waals surface area contributed by atoms with Gasteiger partial charge in [-0.05, 0) is 31.4 Å². The molecule has 2 aromatic heterocycles. The SMILES string of the molecule is Cc1nc(-c2ccc(CCNC(=O)CNC(=O)[C@@H](N)C(C)C)s2)cs1.Cl. The van der Waals surface area contributed by atoms with Crippen molar-refractivity contribution in [2.75, 3.05) is 13.1 Å². The number of aromatic nitrogens is 1. The topological polar surface area (TPSA) is 97.1 Å². The first-order valence-electron chi connectivity index (χ1n) is 8.18. The molecule has 144 valence electrons. The Bertz CT molecular complexity index is 730. The van der Waals surface area contributed by atoms with Crippen LogP contribution in [0.5, 0.6) is 0 Å². The summed E-state index contributed by atoms with van der Waals surface area (Å²) >= 11 is 3.32. The van der Waals surface area contributed by atoms with Gasteiger partial charge in [0.25, 0.3) is 0 Å². The molecular formula is C17H25ClN4O2S2. The van der Waals surface area contributed by atoms with Gasteiger partial charge in [-0.2, -0.15) is 0 Å². The number of thiazole rings is 1. The first-order chi connectivity index (χ1) is 11.9. The lowest BCUT2D eigenvalue weighted by molar-refractivity contribution is -0.127. The van der Waals surface area contributed by atoms with Crippen LogP contribution < -0.4 is 16.4 Å². The molecule has 0 aliphatic heterocycles. The van der Waals surface area contributed by atoms with Gasteiger partial charge in [0.05, 0.1) is 28.2 Å². The van der Waals surface area contributed by atoms with Crippen molar-refractivity contribution < 1.29 is 9.59 Å². The second-order valence-corrected chi connectivity index (χ2v) is 8.34. The van der Waals surface area contributed by atoms with Gasteiger partial charge in [-0.3, -0.25) is 9.59 Å². The summed E-state index contributed by atoms with van der Waals surface area (Å²) in [6, 6.07) is 3.53. The zero-order valence-corrected chi connectivity index (χ0v) is 17.5. The summed E-state index contributed by atoms with van der Waals surface area (Å²) in [6.07, 6.45) is 0.749. The second kappa shape index (κ2) is 10.6. The van der Waals surface area contributed by atoms with E-state index in [1.165, 1.54) is 4.88 Å². The summed E-state index contributed by atoms with van der Waals surface area (Å²) in [5.74, 6) is -0.472. The zero-order valence-electron chi connectivity index (χ0n) is 15.1. The highest BCUT2D eigenvalue weighted by Gasteiger charge is 2.17. The van der Waals surface area contributed by atoms with Crippen LogP contribution in [0.15, 0.2) is 17.5 Å². The third-order valence-electron chi connectivity index (χ3n) is 3.67. The number of carbonyl (C=O) groups excluding carboxylic acids is 2. The number of thiophene rings is 1. The molecule has 9 heteroatoms. The molecule has 2 rings (SSSR count). The van der Waals surface area contributed by atoms with E-state index in [0.29, 0.717) is 6.54 Å². The van der Waals surface area contributed by atoms with Crippen molar-refractivity contribution in [3.8, 4) is 10.6 Å². The maximum absolute atomic E-state index is 11.8. The summed E-state index contributed by atoms with van der Waals surface area (Å²) in [5.41, 5.74) is 6.73. The molecule has 0 spiro atoms. The van der Waals surface area contributed by atoms with Crippen LogP contribution in [0, 0.1) is 12.8 Å². The minimum Gasteiger partial charge on any atom is -0.354 e. The number of hydrogen-bond donors (Lipinski definition) is 3. The van der Waals surface area contributed by atoms with Gasteiger partial charge in [0.15, 0.2) is 0 Å². The van der Waals surface area contributed by atoms with Gasteiger partial charge >= 0.3 is 0 Å². The van der Waals surface area contributed by atoms with E-state index in [1.54, 1.807) is 22.7 Å². The monoisotopic (exact) mass is 416 g/mol. The van der Waals surface area contributed by atoms with Crippen LogP contribution >= 0.6 is 35.1 Å². The smallest absolute Gasteiger partial charge is 0.239 e. The average Bonchev–Trinajstić information content (AvgIpc) is 3.20. The molecule has 2 amide bonds. The molecule has 0 saturated heterocycles. The molecule has 0 saturated carbocycles. The average molecular weight is 417 g/mol. The number of rotatable bonds is 8. The Labute approximate surface area is 168 Å². The first kappa shape index (κ1) is 22.6. The van der Waals surface area contributed by atoms with Gasteiger partial charge in [0, 0.05) is 16.8 Å². The second-order valence-electron chi connectivity index (χ2n) is 6.11. The van der Waals surface area contributed by atoms with E-state index in [2.05, 4.69) is 33.1 Å². The van der Waals surface area contributed by atoms with Crippen LogP contribution in [0.2, 0.25) is 0 Å². The normalized spacial score (nSPS) is 11.7. The highest BCUT2D eigenvalue weighted by atomic mass is 35.5. The van der Waals surface area contributed by atoms with Gasteiger partial charge < -0.3 is 16.4 Å². The van der Waals surface area contributed by atoms with Crippen LogP contribution in [0.1, 0.15) is 23.7 Å². The molecule has 4 N–H and O–H groups in total. The molecule has 26 heavy (non-hydrogen) atoms. The van der Waals surface area contributed by atoms with Gasteiger partial charge in [0.2, 0.25) is 11.8 Å². The van der Waals surface area contributed by atoms with Crippen molar-refractivity contribution in [2.45, 2.75) is 33.2 Å². The van der Waals surface area contributed by atoms with Crippen molar-refractivity contribution in [2.24, 2.45) is 11.7 Å². The lowest BCUT2D eigenvalue weighted by atomic mass is 10.1. The third kappa shape index (κ3) is 6.68. The van der Waals surface area contributed by atoms with E-state index in [4.69, 9.17) is 5.73 Å². The van der Waals surface area contributed by atoms with Crippen LogP contribution in [-0.2, 0) is 16.0 Å². The number of aryl methyl sites for hydroxylation is 1. The van der Waals surface area contributed by atoms with Crippen LogP contribution in [0.25, 0.3) is 10.6 Å². The Morgan fingerprint density at radius 2 is 2.00 bits per heavy atom. The van der Waals surface area contributed by atoms with E-state index in [9.17, 15) is 9.59 Å². The number of amides is 2. The van der Waals surface area contributed by atoms with Crippen molar-refractivity contribution >= 4 is 46.9 Å². The molecule has 1 atom stereocenters. The van der Waals surface area contributed by atoms with Crippen molar-refractivity contribution in [1.82, 2.24) is 15.6 Å². The van der Waals surface area contributed by atoms with E-state index < -0.39 is 6.04 Å². The Morgan fingerprint density at radius 3 is 2.62 bits per heavy atom. The fourth-order valence-electron chi connectivity index (χ4n) is 2.10. The summed E-state index contributed by atoms with van der Waals surface area (Å²) < 4.78 is 0. The van der Waals surface area contributed by atoms with E-state index in [-0.39, 0.29) is 36.7 Å². The predicted octanol–water partition coefficient (Wildman–Crippen LogP) is 2.36. The number of hydrogen-bond acceptors (Lipinski definition) is 6. The molecule has 0 unspecified atom stereocenters. The Balaban J connectivity index is 0.00000338. The van der Waals surface area contributed by atoms with Crippen LogP contribution in [0.3, 0.4) is 0 Å². The molecule has 0 aliphatic rings. The third-order valence-corrected chi connectivity index (χ3v) is 5.61. The summed E-state index contributed by atoms with van der Waals surface area (Å²) in [6.45, 7) is 6.21. The quantitative estimate of drug-likeness (QED) is 0.615. The minimum absolute atomic E-state index is 0. The molecule has 2 heterocycles. The summed E-state index contributed by atoms with van der Waals surface area (Å²) in [7, 11) is 0. The van der Waals surface area contributed by atoms with Crippen molar-refractivity contribution in [3.63, 3.8) is 0 Å². The molecule has 0 bridgehead atoms. The van der Waals surface area contributed by atoms with Crippen molar-refractivity contribution in [1.29, 1.82) is 0 Å². The molecule has 2 aromatic rings. The minimum atomic E-state index is -0.591. The largest absolute Gasteiger partial charge is 0.354 e. The standard InChI is InChI=1S/C17H24N4O2S2.ClH/c1-10(2)16(18)17(23)20-8-15(22)19-7-6-12-4-5-14(25-12)13-9-24-11(3)21-13;/h4-5,9-10,16H,6-8,18H2,1-3H3,(H,19,22)(H,20,23);1H/t16-;/m0./s1. The molecule has 0 radical (unpaired) electrons. The lowest BCUT2D eigenvalue weighted by Gasteiger charge is -2.15. The molecule has 6 nitrogen and oxygen atoms in total. The van der Waals surface area contributed by atoms with Gasteiger partial charge in [-0.25, -0.2) is 4.98 Å². The fraction of sp³-hybridized carbons (Fsp3) is 0.471. The maximum Gasteiger partial charge on any atom is 0.239 e. The van der Waals surface area contributed by atoms with E-state index in [0.717, 1.165) is 22.0 Å². The number of carbonyl (C=O) groups is 2. The van der Waals surface area contributed by atoms with E-state index >= 15 is 0 Å². The lowest BCUT2D eigenvalue weighted by Crippen LogP contribution is -2.47. The van der Waals surface area contributed by atoms with Gasteiger partial charge in [-0.1, -0.05) is 13.8 Å². The summed E-state index contributed by atoms with van der Waals surface area (Å²) in [4.78, 5) is 30.3.